The molecule has 0 spiro atoms. The van der Waals surface area contributed by atoms with Crippen LogP contribution in [-0.4, -0.2) is 25.5 Å². The number of allylic oxidation sites excluding steroid dienone is 1. The molecule has 2 aliphatic rings. The van der Waals surface area contributed by atoms with Crippen molar-refractivity contribution in [2.45, 2.75) is 19.3 Å². The molecule has 4 rings (SSSR count). The fraction of sp³-hybridized carbons (Fsp3) is 0.400. The van der Waals surface area contributed by atoms with Crippen LogP contribution in [0.25, 0.3) is 16.3 Å². The molecule has 1 fully saturated rings. The van der Waals surface area contributed by atoms with Crippen LogP contribution in [0.4, 0.5) is 0 Å². The van der Waals surface area contributed by atoms with E-state index in [2.05, 4.69) is 61.5 Å². The van der Waals surface area contributed by atoms with Crippen molar-refractivity contribution in [3.63, 3.8) is 0 Å². The van der Waals surface area contributed by atoms with Gasteiger partial charge in [-0.15, -0.1) is 0 Å². The van der Waals surface area contributed by atoms with Crippen molar-refractivity contribution in [2.75, 3.05) is 20.6 Å². The summed E-state index contributed by atoms with van der Waals surface area (Å²) in [4.78, 5) is 2.33. The predicted octanol–water partition coefficient (Wildman–Crippen LogP) is 4.58. The van der Waals surface area contributed by atoms with Crippen LogP contribution < -0.4 is 0 Å². The van der Waals surface area contributed by atoms with Crippen molar-refractivity contribution in [2.24, 2.45) is 11.8 Å². The summed E-state index contributed by atoms with van der Waals surface area (Å²) in [5.74, 6) is 1.66. The van der Waals surface area contributed by atoms with Gasteiger partial charge in [-0.25, -0.2) is 0 Å². The molecule has 2 bridgehead atoms. The molecule has 2 unspecified atom stereocenters. The number of benzene rings is 2. The van der Waals surface area contributed by atoms with Gasteiger partial charge in [-0.1, -0.05) is 36.4 Å². The minimum Gasteiger partial charge on any atom is -0.305 e. The largest absolute Gasteiger partial charge is 0.305 e. The second-order valence-corrected chi connectivity index (χ2v) is 6.95. The maximum Gasteiger partial charge on any atom is 0.0195 e. The molecule has 2 aromatic carbocycles. The monoisotopic (exact) mass is 277 g/mol. The summed E-state index contributed by atoms with van der Waals surface area (Å²) in [7, 11) is 4.38. The Kier molecular flexibility index (Phi) is 3.11. The summed E-state index contributed by atoms with van der Waals surface area (Å²) >= 11 is 0. The third-order valence-electron chi connectivity index (χ3n) is 5.23. The number of hydrogen-bond acceptors (Lipinski definition) is 1. The van der Waals surface area contributed by atoms with E-state index in [0.717, 1.165) is 18.4 Å². The van der Waals surface area contributed by atoms with Gasteiger partial charge in [-0.05, 0) is 78.7 Å². The van der Waals surface area contributed by atoms with Crippen LogP contribution in [0.5, 0.6) is 0 Å². The highest BCUT2D eigenvalue weighted by Gasteiger charge is 2.39. The number of fused-ring (bicyclic) bond motifs is 3. The van der Waals surface area contributed by atoms with Crippen molar-refractivity contribution in [1.82, 2.24) is 4.90 Å². The summed E-state index contributed by atoms with van der Waals surface area (Å²) in [6.45, 7) is 1.13. The Morgan fingerprint density at radius 1 is 0.952 bits per heavy atom. The van der Waals surface area contributed by atoms with Crippen LogP contribution in [0.3, 0.4) is 0 Å². The first-order chi connectivity index (χ1) is 10.2. The molecule has 1 nitrogen and oxygen atoms in total. The number of nitrogens with zero attached hydrogens (tertiary/aromatic N) is 1. The summed E-state index contributed by atoms with van der Waals surface area (Å²) in [5, 5.41) is 2.72. The SMILES string of the molecule is CN(C)CC1=C(c2ccc3ccccc3c2)C2CCC1C2. The minimum atomic E-state index is 0.811. The number of likely N-dealkylation sites (N-methyl/N-ethyl adjacent to an activating group) is 1. The lowest BCUT2D eigenvalue weighted by atomic mass is 9.86. The first kappa shape index (κ1) is 13.1. The molecular weight excluding hydrogens is 254 g/mol. The van der Waals surface area contributed by atoms with Gasteiger partial charge >= 0.3 is 0 Å². The topological polar surface area (TPSA) is 3.24 Å². The third-order valence-corrected chi connectivity index (χ3v) is 5.23. The van der Waals surface area contributed by atoms with Crippen LogP contribution in [0.15, 0.2) is 48.0 Å². The summed E-state index contributed by atoms with van der Waals surface area (Å²) in [5.41, 5.74) is 4.86. The Bertz CT molecular complexity index is 711. The predicted molar refractivity (Wildman–Crippen MR) is 90.3 cm³/mol. The molecule has 0 aromatic heterocycles. The van der Waals surface area contributed by atoms with Gasteiger partial charge in [-0.2, -0.15) is 0 Å². The standard InChI is InChI=1S/C20H23N/c1-21(2)13-19-16-8-10-18(12-16)20(19)17-9-7-14-5-3-4-6-15(14)11-17/h3-7,9,11,16,18H,8,10,12-13H2,1-2H3. The van der Waals surface area contributed by atoms with E-state index in [0.29, 0.717) is 0 Å². The average Bonchev–Trinajstić information content (AvgIpc) is 3.07. The highest BCUT2D eigenvalue weighted by atomic mass is 15.1. The van der Waals surface area contributed by atoms with Crippen molar-refractivity contribution < 1.29 is 0 Å². The average molecular weight is 277 g/mol. The lowest BCUT2D eigenvalue weighted by Gasteiger charge is -2.23. The van der Waals surface area contributed by atoms with Crippen molar-refractivity contribution in [3.8, 4) is 0 Å². The molecule has 21 heavy (non-hydrogen) atoms. The van der Waals surface area contributed by atoms with E-state index in [4.69, 9.17) is 0 Å². The molecule has 1 heteroatoms. The fourth-order valence-electron chi connectivity index (χ4n) is 4.38. The Balaban J connectivity index is 1.83. The van der Waals surface area contributed by atoms with E-state index in [-0.39, 0.29) is 0 Å². The second kappa shape index (κ2) is 4.99. The van der Waals surface area contributed by atoms with Gasteiger partial charge in [-0.3, -0.25) is 0 Å². The second-order valence-electron chi connectivity index (χ2n) is 6.95. The molecule has 0 saturated heterocycles. The minimum absolute atomic E-state index is 0.811. The zero-order valence-corrected chi connectivity index (χ0v) is 13.0. The van der Waals surface area contributed by atoms with Crippen LogP contribution in [-0.2, 0) is 0 Å². The molecule has 1 saturated carbocycles. The molecule has 0 radical (unpaired) electrons. The number of rotatable bonds is 3. The van der Waals surface area contributed by atoms with Crippen molar-refractivity contribution >= 4 is 16.3 Å². The van der Waals surface area contributed by atoms with Gasteiger partial charge in [0, 0.05) is 6.54 Å². The zero-order chi connectivity index (χ0) is 14.4. The normalized spacial score (nSPS) is 24.5. The molecule has 0 N–H and O–H groups in total. The highest BCUT2D eigenvalue weighted by molar-refractivity contribution is 5.87. The Hall–Kier alpha value is -1.60. The quantitative estimate of drug-likeness (QED) is 0.793. The van der Waals surface area contributed by atoms with E-state index >= 15 is 0 Å². The van der Waals surface area contributed by atoms with Crippen LogP contribution in [0, 0.1) is 11.8 Å². The van der Waals surface area contributed by atoms with Crippen molar-refractivity contribution in [1.29, 1.82) is 0 Å². The van der Waals surface area contributed by atoms with E-state index in [1.54, 1.807) is 11.1 Å². The molecule has 0 heterocycles. The Labute approximate surface area is 127 Å². The molecule has 0 aliphatic heterocycles. The zero-order valence-electron chi connectivity index (χ0n) is 13.0. The van der Waals surface area contributed by atoms with Gasteiger partial charge in [0.15, 0.2) is 0 Å². The van der Waals surface area contributed by atoms with E-state index in [1.807, 2.05) is 0 Å². The third kappa shape index (κ3) is 2.20. The molecule has 0 amide bonds. The first-order valence-electron chi connectivity index (χ1n) is 8.09. The van der Waals surface area contributed by atoms with E-state index < -0.39 is 0 Å². The van der Waals surface area contributed by atoms with E-state index in [9.17, 15) is 0 Å². The maximum absolute atomic E-state index is 2.40. The lowest BCUT2D eigenvalue weighted by molar-refractivity contribution is 0.423. The van der Waals surface area contributed by atoms with Gasteiger partial charge in [0.05, 0.1) is 0 Å². The summed E-state index contributed by atoms with van der Waals surface area (Å²) < 4.78 is 0. The summed E-state index contributed by atoms with van der Waals surface area (Å²) in [6, 6.07) is 15.7. The van der Waals surface area contributed by atoms with Crippen LogP contribution in [0.2, 0.25) is 0 Å². The lowest BCUT2D eigenvalue weighted by Crippen LogP contribution is -2.19. The molecular formula is C20H23N. The molecule has 108 valence electrons. The molecule has 2 aromatic rings. The van der Waals surface area contributed by atoms with Gasteiger partial charge in [0.25, 0.3) is 0 Å². The smallest absolute Gasteiger partial charge is 0.0195 e. The molecule has 2 aliphatic carbocycles. The van der Waals surface area contributed by atoms with E-state index in [1.165, 1.54) is 35.6 Å². The highest BCUT2D eigenvalue weighted by Crippen LogP contribution is 2.52. The van der Waals surface area contributed by atoms with Gasteiger partial charge in [0.2, 0.25) is 0 Å². The van der Waals surface area contributed by atoms with Crippen LogP contribution >= 0.6 is 0 Å². The van der Waals surface area contributed by atoms with Crippen LogP contribution in [0.1, 0.15) is 24.8 Å². The number of hydrogen-bond donors (Lipinski definition) is 0. The summed E-state index contributed by atoms with van der Waals surface area (Å²) in [6.07, 6.45) is 4.19. The van der Waals surface area contributed by atoms with Gasteiger partial charge < -0.3 is 4.90 Å². The van der Waals surface area contributed by atoms with Gasteiger partial charge in [0.1, 0.15) is 0 Å². The maximum atomic E-state index is 2.40. The Morgan fingerprint density at radius 2 is 1.71 bits per heavy atom. The Morgan fingerprint density at radius 3 is 2.52 bits per heavy atom. The van der Waals surface area contributed by atoms with Crippen molar-refractivity contribution in [3.05, 3.63) is 53.6 Å². The first-order valence-corrected chi connectivity index (χ1v) is 8.09. The molecule has 2 atom stereocenters. The fourth-order valence-corrected chi connectivity index (χ4v) is 4.38.